The van der Waals surface area contributed by atoms with E-state index in [1.165, 1.54) is 12.1 Å². The normalized spacial score (nSPS) is 13.7. The van der Waals surface area contributed by atoms with E-state index in [0.29, 0.717) is 0 Å². The molecule has 1 aromatic rings. The molecular weight excluding hydrogens is 250 g/mol. The van der Waals surface area contributed by atoms with Crippen LogP contribution in [0.4, 0.5) is 17.1 Å². The number of benzene rings is 1. The number of hydrogen-bond donors (Lipinski definition) is 4. The van der Waals surface area contributed by atoms with E-state index < -0.39 is 4.92 Å². The van der Waals surface area contributed by atoms with Gasteiger partial charge in [-0.15, -0.1) is 0 Å². The average molecular weight is 265 g/mol. The molecule has 1 fully saturated rings. The maximum absolute atomic E-state index is 11.5. The van der Waals surface area contributed by atoms with Gasteiger partial charge in [0, 0.05) is 6.04 Å². The van der Waals surface area contributed by atoms with Gasteiger partial charge in [-0.2, -0.15) is 0 Å². The molecule has 0 unspecified atom stereocenters. The molecule has 0 heterocycles. The van der Waals surface area contributed by atoms with Crippen molar-refractivity contribution in [1.82, 2.24) is 5.32 Å². The molecule has 1 aromatic carbocycles. The standard InChI is InChI=1S/C11H15N5O3/c12-15-9-3-1-2-8(11(9)16(18)19)13-6-10(17)14-7-4-5-7/h1-3,7,13,15H,4-6,12H2,(H,14,17). The van der Waals surface area contributed by atoms with Crippen LogP contribution in [0.3, 0.4) is 0 Å². The quantitative estimate of drug-likeness (QED) is 0.339. The van der Waals surface area contributed by atoms with Crippen LogP contribution in [0.25, 0.3) is 0 Å². The minimum Gasteiger partial charge on any atom is -0.370 e. The number of nitrogen functional groups attached to an aromatic ring is 1. The number of carbonyl (C=O) groups is 1. The van der Waals surface area contributed by atoms with Gasteiger partial charge < -0.3 is 16.1 Å². The van der Waals surface area contributed by atoms with Crippen LogP contribution in [0.15, 0.2) is 18.2 Å². The minimum absolute atomic E-state index is 0.00857. The monoisotopic (exact) mass is 265 g/mol. The molecule has 8 heteroatoms. The lowest BCUT2D eigenvalue weighted by Gasteiger charge is -2.09. The van der Waals surface area contributed by atoms with Crippen LogP contribution in [0.2, 0.25) is 0 Å². The molecule has 1 aliphatic rings. The second kappa shape index (κ2) is 5.53. The summed E-state index contributed by atoms with van der Waals surface area (Å²) in [5.41, 5.74) is 2.54. The molecule has 1 aliphatic carbocycles. The number of nitrogens with one attached hydrogen (secondary N) is 3. The molecule has 19 heavy (non-hydrogen) atoms. The summed E-state index contributed by atoms with van der Waals surface area (Å²) in [6.45, 7) is -0.00857. The third kappa shape index (κ3) is 3.32. The highest BCUT2D eigenvalue weighted by Crippen LogP contribution is 2.31. The molecular formula is C11H15N5O3. The first-order valence-electron chi connectivity index (χ1n) is 5.89. The van der Waals surface area contributed by atoms with Crippen LogP contribution in [0.1, 0.15) is 12.8 Å². The maximum atomic E-state index is 11.5. The van der Waals surface area contributed by atoms with E-state index >= 15 is 0 Å². The summed E-state index contributed by atoms with van der Waals surface area (Å²) < 4.78 is 0. The largest absolute Gasteiger partial charge is 0.370 e. The molecule has 2 rings (SSSR count). The van der Waals surface area contributed by atoms with Gasteiger partial charge in [-0.3, -0.25) is 20.8 Å². The number of nitrogens with zero attached hydrogens (tertiary/aromatic N) is 1. The smallest absolute Gasteiger partial charge is 0.316 e. The molecule has 0 atom stereocenters. The van der Waals surface area contributed by atoms with Crippen molar-refractivity contribution in [3.63, 3.8) is 0 Å². The first-order chi connectivity index (χ1) is 9.11. The third-order valence-electron chi connectivity index (χ3n) is 2.76. The van der Waals surface area contributed by atoms with E-state index in [9.17, 15) is 14.9 Å². The lowest BCUT2D eigenvalue weighted by Crippen LogP contribution is -2.31. The lowest BCUT2D eigenvalue weighted by molar-refractivity contribution is -0.383. The number of nitro groups is 1. The van der Waals surface area contributed by atoms with Crippen molar-refractivity contribution in [2.45, 2.75) is 18.9 Å². The highest BCUT2D eigenvalue weighted by Gasteiger charge is 2.24. The zero-order valence-corrected chi connectivity index (χ0v) is 10.2. The number of rotatable bonds is 6. The Hall–Kier alpha value is -2.35. The molecule has 1 saturated carbocycles. The lowest BCUT2D eigenvalue weighted by atomic mass is 10.2. The van der Waals surface area contributed by atoms with Crippen molar-refractivity contribution >= 4 is 23.0 Å². The van der Waals surface area contributed by atoms with Crippen molar-refractivity contribution in [3.8, 4) is 0 Å². The Balaban J connectivity index is 2.05. The highest BCUT2D eigenvalue weighted by atomic mass is 16.6. The Morgan fingerprint density at radius 1 is 1.42 bits per heavy atom. The number of carbonyl (C=O) groups excluding carboxylic acids is 1. The van der Waals surface area contributed by atoms with Crippen LogP contribution in [-0.2, 0) is 4.79 Å². The van der Waals surface area contributed by atoms with Gasteiger partial charge in [0.15, 0.2) is 0 Å². The van der Waals surface area contributed by atoms with Crippen LogP contribution >= 0.6 is 0 Å². The zero-order chi connectivity index (χ0) is 13.8. The van der Waals surface area contributed by atoms with E-state index in [-0.39, 0.29) is 35.6 Å². The summed E-state index contributed by atoms with van der Waals surface area (Å²) >= 11 is 0. The Morgan fingerprint density at radius 2 is 2.11 bits per heavy atom. The average Bonchev–Trinajstić information content (AvgIpc) is 3.19. The molecule has 1 amide bonds. The molecule has 8 nitrogen and oxygen atoms in total. The summed E-state index contributed by atoms with van der Waals surface area (Å²) in [7, 11) is 0. The van der Waals surface area contributed by atoms with Crippen molar-refractivity contribution in [2.75, 3.05) is 17.3 Å². The molecule has 102 valence electrons. The second-order valence-electron chi connectivity index (χ2n) is 4.30. The number of amides is 1. The maximum Gasteiger partial charge on any atom is 0.316 e. The fourth-order valence-corrected chi connectivity index (χ4v) is 1.68. The van der Waals surface area contributed by atoms with Crippen molar-refractivity contribution in [3.05, 3.63) is 28.3 Å². The SMILES string of the molecule is NNc1cccc(NCC(=O)NC2CC2)c1[N+](=O)[O-]. The molecule has 0 aromatic heterocycles. The van der Waals surface area contributed by atoms with E-state index in [4.69, 9.17) is 5.84 Å². The van der Waals surface area contributed by atoms with Gasteiger partial charge >= 0.3 is 5.69 Å². The third-order valence-corrected chi connectivity index (χ3v) is 2.76. The predicted molar refractivity (Wildman–Crippen MR) is 70.6 cm³/mol. The summed E-state index contributed by atoms with van der Waals surface area (Å²) in [6.07, 6.45) is 2.00. The summed E-state index contributed by atoms with van der Waals surface area (Å²) in [4.78, 5) is 22.0. The molecule has 0 saturated heterocycles. The van der Waals surface area contributed by atoms with Gasteiger partial charge in [0.2, 0.25) is 5.91 Å². The Bertz CT molecular complexity index is 501. The van der Waals surface area contributed by atoms with Crippen LogP contribution in [0, 0.1) is 10.1 Å². The summed E-state index contributed by atoms with van der Waals surface area (Å²) in [5.74, 6) is 5.05. The van der Waals surface area contributed by atoms with Gasteiger partial charge in [-0.05, 0) is 25.0 Å². The molecule has 0 spiro atoms. The summed E-state index contributed by atoms with van der Waals surface area (Å²) in [6, 6.07) is 4.90. The number of hydrazine groups is 1. The molecule has 0 radical (unpaired) electrons. The number of nitrogens with two attached hydrogens (primary N) is 1. The van der Waals surface area contributed by atoms with Crippen LogP contribution in [-0.4, -0.2) is 23.4 Å². The van der Waals surface area contributed by atoms with Crippen molar-refractivity contribution in [1.29, 1.82) is 0 Å². The minimum atomic E-state index is -0.545. The van der Waals surface area contributed by atoms with Crippen LogP contribution in [0.5, 0.6) is 0 Å². The highest BCUT2D eigenvalue weighted by molar-refractivity contribution is 5.84. The fourth-order valence-electron chi connectivity index (χ4n) is 1.68. The first kappa shape index (κ1) is 13.1. The Kier molecular flexibility index (Phi) is 3.81. The number of anilines is 2. The van der Waals surface area contributed by atoms with Crippen molar-refractivity contribution < 1.29 is 9.72 Å². The van der Waals surface area contributed by atoms with Gasteiger partial charge in [0.1, 0.15) is 11.4 Å². The summed E-state index contributed by atoms with van der Waals surface area (Å²) in [5, 5.41) is 16.5. The molecule has 0 aliphatic heterocycles. The topological polar surface area (TPSA) is 122 Å². The van der Waals surface area contributed by atoms with Gasteiger partial charge in [0.25, 0.3) is 0 Å². The number of hydrogen-bond acceptors (Lipinski definition) is 6. The zero-order valence-electron chi connectivity index (χ0n) is 10.2. The molecule has 0 bridgehead atoms. The van der Waals surface area contributed by atoms with Crippen molar-refractivity contribution in [2.24, 2.45) is 5.84 Å². The van der Waals surface area contributed by atoms with E-state index in [0.717, 1.165) is 12.8 Å². The van der Waals surface area contributed by atoms with Crippen LogP contribution < -0.4 is 21.9 Å². The Labute approximate surface area is 109 Å². The van der Waals surface area contributed by atoms with Gasteiger partial charge in [0.05, 0.1) is 11.5 Å². The second-order valence-corrected chi connectivity index (χ2v) is 4.30. The number of nitro benzene ring substituents is 1. The van der Waals surface area contributed by atoms with E-state index in [1.807, 2.05) is 0 Å². The first-order valence-corrected chi connectivity index (χ1v) is 5.89. The van der Waals surface area contributed by atoms with Gasteiger partial charge in [-0.25, -0.2) is 0 Å². The number of para-hydroxylation sites is 1. The fraction of sp³-hybridized carbons (Fsp3) is 0.364. The van der Waals surface area contributed by atoms with E-state index in [1.54, 1.807) is 6.07 Å². The van der Waals surface area contributed by atoms with Gasteiger partial charge in [-0.1, -0.05) is 6.07 Å². The predicted octanol–water partition coefficient (Wildman–Crippen LogP) is 0.571. The molecule has 5 N–H and O–H groups in total. The van der Waals surface area contributed by atoms with E-state index in [2.05, 4.69) is 16.1 Å². The Morgan fingerprint density at radius 3 is 2.68 bits per heavy atom.